The van der Waals surface area contributed by atoms with Gasteiger partial charge in [-0.15, -0.1) is 11.3 Å². The van der Waals surface area contributed by atoms with Crippen LogP contribution in [0.5, 0.6) is 0 Å². The van der Waals surface area contributed by atoms with Gasteiger partial charge in [0.1, 0.15) is 0 Å². The van der Waals surface area contributed by atoms with Gasteiger partial charge in [0, 0.05) is 13.6 Å². The van der Waals surface area contributed by atoms with Crippen LogP contribution in [0.25, 0.3) is 0 Å². The first-order valence-electron chi connectivity index (χ1n) is 5.17. The molecule has 0 spiro atoms. The van der Waals surface area contributed by atoms with Crippen molar-refractivity contribution >= 4 is 49.1 Å². The van der Waals surface area contributed by atoms with E-state index >= 15 is 0 Å². The third kappa shape index (κ3) is 4.05. The quantitative estimate of drug-likeness (QED) is 0.866. The predicted octanol–water partition coefficient (Wildman–Crippen LogP) is 3.33. The Balaban J connectivity index is 2.80. The first-order valence-corrected chi connectivity index (χ1v) is 7.57. The van der Waals surface area contributed by atoms with E-state index < -0.39 is 0 Å². The van der Waals surface area contributed by atoms with Crippen LogP contribution in [0.4, 0.5) is 0 Å². The van der Waals surface area contributed by atoms with E-state index in [0.29, 0.717) is 18.7 Å². The van der Waals surface area contributed by atoms with Gasteiger partial charge in [-0.2, -0.15) is 0 Å². The van der Waals surface area contributed by atoms with E-state index in [0.717, 1.165) is 7.57 Å². The SMILES string of the molecule is CN(CC(C)(C)CN)C(=O)c1cc(Br)sc1Br. The summed E-state index contributed by atoms with van der Waals surface area (Å²) in [4.78, 5) is 13.9. The molecule has 2 N–H and O–H groups in total. The van der Waals surface area contributed by atoms with E-state index in [4.69, 9.17) is 5.73 Å². The highest BCUT2D eigenvalue weighted by molar-refractivity contribution is 9.12. The average Bonchev–Trinajstić information content (AvgIpc) is 2.56. The molecule has 6 heteroatoms. The lowest BCUT2D eigenvalue weighted by atomic mass is 9.93. The third-order valence-electron chi connectivity index (χ3n) is 2.45. The summed E-state index contributed by atoms with van der Waals surface area (Å²) in [5.41, 5.74) is 6.30. The van der Waals surface area contributed by atoms with E-state index in [1.165, 1.54) is 11.3 Å². The smallest absolute Gasteiger partial charge is 0.255 e. The Labute approximate surface area is 123 Å². The number of thiophene rings is 1. The van der Waals surface area contributed by atoms with Crippen LogP contribution in [-0.4, -0.2) is 30.9 Å². The van der Waals surface area contributed by atoms with Gasteiger partial charge < -0.3 is 10.6 Å². The lowest BCUT2D eigenvalue weighted by Crippen LogP contribution is -2.39. The summed E-state index contributed by atoms with van der Waals surface area (Å²) in [6.07, 6.45) is 0. The molecule has 0 atom stereocenters. The van der Waals surface area contributed by atoms with Gasteiger partial charge in [-0.3, -0.25) is 4.79 Å². The van der Waals surface area contributed by atoms with Gasteiger partial charge in [0.15, 0.2) is 0 Å². The topological polar surface area (TPSA) is 46.3 Å². The maximum absolute atomic E-state index is 12.2. The molecule has 17 heavy (non-hydrogen) atoms. The Bertz CT molecular complexity index is 418. The molecule has 0 fully saturated rings. The maximum Gasteiger partial charge on any atom is 0.255 e. The molecule has 0 radical (unpaired) electrons. The largest absolute Gasteiger partial charge is 0.341 e. The van der Waals surface area contributed by atoms with Gasteiger partial charge in [-0.1, -0.05) is 13.8 Å². The zero-order chi connectivity index (χ0) is 13.2. The second-order valence-corrected chi connectivity index (χ2v) is 8.52. The van der Waals surface area contributed by atoms with Gasteiger partial charge in [-0.05, 0) is 49.9 Å². The Kier molecular flexibility index (Phi) is 5.19. The van der Waals surface area contributed by atoms with Crippen LogP contribution in [0.3, 0.4) is 0 Å². The van der Waals surface area contributed by atoms with E-state index in [1.54, 1.807) is 11.9 Å². The zero-order valence-electron chi connectivity index (χ0n) is 10.1. The summed E-state index contributed by atoms with van der Waals surface area (Å²) in [7, 11) is 1.80. The highest BCUT2D eigenvalue weighted by Crippen LogP contribution is 2.32. The molecule has 0 saturated heterocycles. The molecule has 1 amide bonds. The molecule has 0 aliphatic rings. The van der Waals surface area contributed by atoms with E-state index in [2.05, 4.69) is 45.7 Å². The predicted molar refractivity (Wildman–Crippen MR) is 79.5 cm³/mol. The molecule has 1 aromatic heterocycles. The summed E-state index contributed by atoms with van der Waals surface area (Å²) in [5.74, 6) is 0.0142. The number of nitrogens with zero attached hydrogens (tertiary/aromatic N) is 1. The normalized spacial score (nSPS) is 11.6. The number of carbonyl (C=O) groups excluding carboxylic acids is 1. The molecule has 96 valence electrons. The molecule has 0 aliphatic heterocycles. The molecule has 0 aliphatic carbocycles. The van der Waals surface area contributed by atoms with Crippen LogP contribution in [0.15, 0.2) is 13.6 Å². The molecule has 0 unspecified atom stereocenters. The number of nitrogens with two attached hydrogens (primary N) is 1. The molecular weight excluding hydrogens is 368 g/mol. The van der Waals surface area contributed by atoms with Gasteiger partial charge in [0.2, 0.25) is 0 Å². The Hall–Kier alpha value is 0.0900. The van der Waals surface area contributed by atoms with Gasteiger partial charge >= 0.3 is 0 Å². The van der Waals surface area contributed by atoms with Gasteiger partial charge in [0.05, 0.1) is 13.1 Å². The van der Waals surface area contributed by atoms with Crippen molar-refractivity contribution in [2.45, 2.75) is 13.8 Å². The van der Waals surface area contributed by atoms with Crippen LogP contribution < -0.4 is 5.73 Å². The van der Waals surface area contributed by atoms with Crippen molar-refractivity contribution in [1.82, 2.24) is 4.90 Å². The first kappa shape index (κ1) is 15.1. The van der Waals surface area contributed by atoms with Crippen molar-refractivity contribution in [3.63, 3.8) is 0 Å². The lowest BCUT2D eigenvalue weighted by Gasteiger charge is -2.28. The maximum atomic E-state index is 12.2. The number of hydrogen-bond acceptors (Lipinski definition) is 3. The molecule has 3 nitrogen and oxygen atoms in total. The fourth-order valence-electron chi connectivity index (χ4n) is 1.47. The number of hydrogen-bond donors (Lipinski definition) is 1. The highest BCUT2D eigenvalue weighted by atomic mass is 79.9. The summed E-state index contributed by atoms with van der Waals surface area (Å²) >= 11 is 8.27. The second kappa shape index (κ2) is 5.82. The van der Waals surface area contributed by atoms with Crippen LogP contribution >= 0.6 is 43.2 Å². The molecule has 0 aromatic carbocycles. The molecule has 1 aromatic rings. The van der Waals surface area contributed by atoms with Crippen LogP contribution in [0.2, 0.25) is 0 Å². The van der Waals surface area contributed by atoms with Gasteiger partial charge in [0.25, 0.3) is 5.91 Å². The molecule has 0 bridgehead atoms. The minimum atomic E-state index is -0.0653. The van der Waals surface area contributed by atoms with Crippen LogP contribution in [0, 0.1) is 5.41 Å². The Morgan fingerprint density at radius 1 is 1.53 bits per heavy atom. The summed E-state index contributed by atoms with van der Waals surface area (Å²) in [5, 5.41) is 0. The van der Waals surface area contributed by atoms with Crippen LogP contribution in [-0.2, 0) is 0 Å². The monoisotopic (exact) mass is 382 g/mol. The number of carbonyl (C=O) groups is 1. The third-order valence-corrected chi connectivity index (χ3v) is 4.79. The number of rotatable bonds is 4. The fourth-order valence-corrected chi connectivity index (χ4v) is 4.25. The lowest BCUT2D eigenvalue weighted by molar-refractivity contribution is 0.0740. The van der Waals surface area contributed by atoms with Crippen molar-refractivity contribution in [2.24, 2.45) is 11.1 Å². The second-order valence-electron chi connectivity index (χ2n) is 4.77. The van der Waals surface area contributed by atoms with Gasteiger partial charge in [-0.25, -0.2) is 0 Å². The van der Waals surface area contributed by atoms with Crippen molar-refractivity contribution < 1.29 is 4.79 Å². The number of amides is 1. The summed E-state index contributed by atoms with van der Waals surface area (Å²) in [6, 6.07) is 1.84. The fraction of sp³-hybridized carbons (Fsp3) is 0.545. The molecular formula is C11H16Br2N2OS. The van der Waals surface area contributed by atoms with E-state index in [-0.39, 0.29) is 11.3 Å². The minimum absolute atomic E-state index is 0.0142. The Morgan fingerprint density at radius 2 is 2.12 bits per heavy atom. The molecule has 1 rings (SSSR count). The van der Waals surface area contributed by atoms with Crippen molar-refractivity contribution in [3.8, 4) is 0 Å². The average molecular weight is 384 g/mol. The highest BCUT2D eigenvalue weighted by Gasteiger charge is 2.23. The number of halogens is 2. The van der Waals surface area contributed by atoms with Crippen molar-refractivity contribution in [1.29, 1.82) is 0 Å². The standard InChI is InChI=1S/C11H16Br2N2OS/c1-11(2,5-14)6-15(3)10(16)7-4-8(12)17-9(7)13/h4H,5-6,14H2,1-3H3. The minimum Gasteiger partial charge on any atom is -0.341 e. The Morgan fingerprint density at radius 3 is 2.53 bits per heavy atom. The van der Waals surface area contributed by atoms with E-state index in [1.807, 2.05) is 6.07 Å². The first-order chi connectivity index (χ1) is 7.76. The van der Waals surface area contributed by atoms with Crippen molar-refractivity contribution in [3.05, 3.63) is 19.2 Å². The molecule has 0 saturated carbocycles. The molecule has 1 heterocycles. The zero-order valence-corrected chi connectivity index (χ0v) is 14.1. The van der Waals surface area contributed by atoms with E-state index in [9.17, 15) is 4.79 Å². The van der Waals surface area contributed by atoms with Crippen molar-refractivity contribution in [2.75, 3.05) is 20.1 Å². The summed E-state index contributed by atoms with van der Waals surface area (Å²) in [6.45, 7) is 5.30. The summed E-state index contributed by atoms with van der Waals surface area (Å²) < 4.78 is 1.80. The van der Waals surface area contributed by atoms with Crippen LogP contribution in [0.1, 0.15) is 24.2 Å².